The molecule has 1 rings (SSSR count). The maximum absolute atomic E-state index is 6.87. The summed E-state index contributed by atoms with van der Waals surface area (Å²) >= 11 is 6.77. The third kappa shape index (κ3) is 2.09. The molecule has 0 aliphatic rings. The van der Waals surface area contributed by atoms with Gasteiger partial charge in [-0.2, -0.15) is 0 Å². The highest BCUT2D eigenvalue weighted by molar-refractivity contribution is 9.13. The summed E-state index contributed by atoms with van der Waals surface area (Å²) < 4.78 is 2.01. The minimum atomic E-state index is -0.0607. The topological polar surface area (TPSA) is 4.36 Å². The molecule has 0 saturated heterocycles. The Balaban J connectivity index is 3.06. The molecule has 0 spiro atoms. The van der Waals surface area contributed by atoms with Crippen LogP contribution < -0.4 is 0 Å². The Labute approximate surface area is 88.9 Å². The maximum Gasteiger partial charge on any atom is 0.246 e. The smallest absolute Gasteiger partial charge is 0.246 e. The Morgan fingerprint density at radius 1 is 1.33 bits per heavy atom. The van der Waals surface area contributed by atoms with Gasteiger partial charge in [0.1, 0.15) is 0 Å². The number of nitrogens with zero attached hydrogens (tertiary/aromatic N) is 1. The third-order valence-corrected chi connectivity index (χ3v) is 3.50. The lowest BCUT2D eigenvalue weighted by atomic mass is 10.1. The van der Waals surface area contributed by atoms with E-state index in [9.17, 15) is 0 Å². The zero-order chi connectivity index (χ0) is 9.14. The van der Waals surface area contributed by atoms with E-state index < -0.39 is 0 Å². The molecule has 0 radical (unpaired) electrons. The SMILES string of the molecule is [C-]#[N+]C(C)c1ccc(Br)c(Br)c1. The third-order valence-electron chi connectivity index (χ3n) is 1.62. The molecular formula is C9H7Br2N. The van der Waals surface area contributed by atoms with Gasteiger partial charge in [-0.05, 0) is 44.0 Å². The van der Waals surface area contributed by atoms with E-state index in [1.165, 1.54) is 0 Å². The van der Waals surface area contributed by atoms with Crippen molar-refractivity contribution in [3.05, 3.63) is 44.1 Å². The van der Waals surface area contributed by atoms with Gasteiger partial charge in [0.2, 0.25) is 6.04 Å². The van der Waals surface area contributed by atoms with Crippen LogP contribution in [-0.4, -0.2) is 0 Å². The van der Waals surface area contributed by atoms with Gasteiger partial charge in [0.15, 0.2) is 0 Å². The molecular weight excluding hydrogens is 282 g/mol. The fourth-order valence-electron chi connectivity index (χ4n) is 0.847. The molecule has 0 aromatic heterocycles. The highest BCUT2D eigenvalue weighted by Crippen LogP contribution is 2.27. The van der Waals surface area contributed by atoms with Gasteiger partial charge in [-0.15, -0.1) is 0 Å². The van der Waals surface area contributed by atoms with Crippen LogP contribution in [0.1, 0.15) is 18.5 Å². The summed E-state index contributed by atoms with van der Waals surface area (Å²) in [6, 6.07) is 5.81. The van der Waals surface area contributed by atoms with E-state index in [2.05, 4.69) is 36.7 Å². The van der Waals surface area contributed by atoms with Gasteiger partial charge in [-0.1, -0.05) is 6.07 Å². The highest BCUT2D eigenvalue weighted by atomic mass is 79.9. The molecule has 0 heterocycles. The van der Waals surface area contributed by atoms with Crippen LogP contribution in [-0.2, 0) is 0 Å². The van der Waals surface area contributed by atoms with Gasteiger partial charge in [-0.3, -0.25) is 0 Å². The summed E-state index contributed by atoms with van der Waals surface area (Å²) in [7, 11) is 0. The summed E-state index contributed by atoms with van der Waals surface area (Å²) in [5.41, 5.74) is 1.04. The second-order valence-corrected chi connectivity index (χ2v) is 4.19. The average molecular weight is 289 g/mol. The van der Waals surface area contributed by atoms with Crippen LogP contribution in [0.2, 0.25) is 0 Å². The first-order chi connectivity index (χ1) is 5.65. The second-order valence-electron chi connectivity index (χ2n) is 2.48. The molecule has 0 bridgehead atoms. The van der Waals surface area contributed by atoms with Crippen molar-refractivity contribution in [1.29, 1.82) is 0 Å². The van der Waals surface area contributed by atoms with Gasteiger partial charge >= 0.3 is 0 Å². The minimum absolute atomic E-state index is 0.0607. The Bertz CT molecular complexity index is 328. The molecule has 3 heteroatoms. The molecule has 62 valence electrons. The molecule has 1 aromatic carbocycles. The standard InChI is InChI=1S/C9H7Br2N/c1-6(12-2)7-3-4-8(10)9(11)5-7/h3-6H,1H3. The number of halogens is 2. The van der Waals surface area contributed by atoms with E-state index in [0.29, 0.717) is 0 Å². The molecule has 12 heavy (non-hydrogen) atoms. The van der Waals surface area contributed by atoms with E-state index in [0.717, 1.165) is 14.5 Å². The summed E-state index contributed by atoms with van der Waals surface area (Å²) in [6.07, 6.45) is 0. The van der Waals surface area contributed by atoms with E-state index in [1.54, 1.807) is 0 Å². The molecule has 0 saturated carbocycles. The zero-order valence-corrected chi connectivity index (χ0v) is 9.68. The summed E-state index contributed by atoms with van der Waals surface area (Å²) in [4.78, 5) is 3.44. The Morgan fingerprint density at radius 3 is 2.50 bits per heavy atom. The van der Waals surface area contributed by atoms with Crippen molar-refractivity contribution in [2.24, 2.45) is 0 Å². The van der Waals surface area contributed by atoms with Crippen LogP contribution in [0.25, 0.3) is 4.85 Å². The quantitative estimate of drug-likeness (QED) is 0.683. The van der Waals surface area contributed by atoms with Crippen molar-refractivity contribution < 1.29 is 0 Å². The Kier molecular flexibility index (Phi) is 3.30. The molecule has 1 nitrogen and oxygen atoms in total. The number of hydrogen-bond acceptors (Lipinski definition) is 0. The summed E-state index contributed by atoms with van der Waals surface area (Å²) in [5, 5.41) is 0. The van der Waals surface area contributed by atoms with Crippen LogP contribution in [0, 0.1) is 6.57 Å². The Morgan fingerprint density at radius 2 is 2.00 bits per heavy atom. The largest absolute Gasteiger partial charge is 0.309 e. The fourth-order valence-corrected chi connectivity index (χ4v) is 1.49. The van der Waals surface area contributed by atoms with Crippen molar-refractivity contribution in [3.8, 4) is 0 Å². The first-order valence-corrected chi connectivity index (χ1v) is 5.05. The van der Waals surface area contributed by atoms with Crippen LogP contribution >= 0.6 is 31.9 Å². The lowest BCUT2D eigenvalue weighted by molar-refractivity contribution is 0.959. The van der Waals surface area contributed by atoms with Gasteiger partial charge in [0, 0.05) is 21.4 Å². The molecule has 0 aliphatic carbocycles. The first-order valence-electron chi connectivity index (χ1n) is 3.46. The monoisotopic (exact) mass is 287 g/mol. The molecule has 0 fully saturated rings. The molecule has 0 amide bonds. The number of rotatable bonds is 1. The zero-order valence-electron chi connectivity index (χ0n) is 6.51. The maximum atomic E-state index is 6.87. The summed E-state index contributed by atoms with van der Waals surface area (Å²) in [6.45, 7) is 8.76. The average Bonchev–Trinajstić information content (AvgIpc) is 2.08. The van der Waals surface area contributed by atoms with E-state index in [4.69, 9.17) is 6.57 Å². The van der Waals surface area contributed by atoms with Gasteiger partial charge in [0.05, 0.1) is 0 Å². The van der Waals surface area contributed by atoms with Crippen molar-refractivity contribution in [2.75, 3.05) is 0 Å². The van der Waals surface area contributed by atoms with Crippen molar-refractivity contribution in [1.82, 2.24) is 0 Å². The van der Waals surface area contributed by atoms with Crippen molar-refractivity contribution in [2.45, 2.75) is 13.0 Å². The Hall–Kier alpha value is -0.330. The molecule has 1 unspecified atom stereocenters. The molecule has 1 atom stereocenters. The predicted molar refractivity (Wildman–Crippen MR) is 56.9 cm³/mol. The number of hydrogen-bond donors (Lipinski definition) is 0. The second kappa shape index (κ2) is 4.06. The van der Waals surface area contributed by atoms with Gasteiger partial charge < -0.3 is 4.85 Å². The van der Waals surface area contributed by atoms with Crippen LogP contribution in [0.5, 0.6) is 0 Å². The van der Waals surface area contributed by atoms with E-state index >= 15 is 0 Å². The van der Waals surface area contributed by atoms with Gasteiger partial charge in [-0.25, -0.2) is 6.57 Å². The predicted octanol–water partition coefficient (Wildman–Crippen LogP) is 4.19. The van der Waals surface area contributed by atoms with Gasteiger partial charge in [0.25, 0.3) is 0 Å². The lowest BCUT2D eigenvalue weighted by Crippen LogP contribution is -1.86. The van der Waals surface area contributed by atoms with E-state index in [1.807, 2.05) is 25.1 Å². The minimum Gasteiger partial charge on any atom is -0.309 e. The first kappa shape index (κ1) is 9.76. The van der Waals surface area contributed by atoms with Crippen molar-refractivity contribution in [3.63, 3.8) is 0 Å². The number of benzene rings is 1. The normalized spacial score (nSPS) is 12.2. The van der Waals surface area contributed by atoms with E-state index in [-0.39, 0.29) is 6.04 Å². The highest BCUT2D eigenvalue weighted by Gasteiger charge is 2.09. The fraction of sp³-hybridized carbons (Fsp3) is 0.222. The lowest BCUT2D eigenvalue weighted by Gasteiger charge is -2.01. The van der Waals surface area contributed by atoms with Crippen LogP contribution in [0.3, 0.4) is 0 Å². The van der Waals surface area contributed by atoms with Crippen molar-refractivity contribution >= 4 is 31.9 Å². The summed E-state index contributed by atoms with van der Waals surface area (Å²) in [5.74, 6) is 0. The van der Waals surface area contributed by atoms with Crippen LogP contribution in [0.15, 0.2) is 27.1 Å². The molecule has 1 aromatic rings. The molecule has 0 N–H and O–H groups in total. The molecule has 0 aliphatic heterocycles. The van der Waals surface area contributed by atoms with Crippen LogP contribution in [0.4, 0.5) is 0 Å².